The van der Waals surface area contributed by atoms with Gasteiger partial charge < -0.3 is 5.32 Å². The Kier molecular flexibility index (Phi) is 2.54. The molecule has 1 heterocycles. The van der Waals surface area contributed by atoms with Crippen molar-refractivity contribution in [1.29, 1.82) is 0 Å². The minimum Gasteiger partial charge on any atom is -0.325 e. The third-order valence-corrected chi connectivity index (χ3v) is 3.58. The first-order chi connectivity index (χ1) is 7.46. The Morgan fingerprint density at radius 2 is 1.94 bits per heavy atom. The van der Waals surface area contributed by atoms with Crippen molar-refractivity contribution < 1.29 is 9.59 Å². The van der Waals surface area contributed by atoms with Crippen LogP contribution in [0.4, 0.5) is 5.69 Å². The van der Waals surface area contributed by atoms with Crippen molar-refractivity contribution in [2.24, 2.45) is 5.41 Å². The molecular weight excluding hydrogens is 222 g/mol. The second-order valence-electron chi connectivity index (χ2n) is 4.32. The number of benzene rings is 1. The van der Waals surface area contributed by atoms with E-state index in [1.54, 1.807) is 31.7 Å². The highest BCUT2D eigenvalue weighted by atomic mass is 32.2. The number of nitrogens with one attached hydrogen (secondary N) is 1. The van der Waals surface area contributed by atoms with Gasteiger partial charge in [-0.05, 0) is 38.3 Å². The van der Waals surface area contributed by atoms with Crippen molar-refractivity contribution in [1.82, 2.24) is 0 Å². The molecule has 1 amide bonds. The summed E-state index contributed by atoms with van der Waals surface area (Å²) in [5.74, 6) is -0.343. The molecular formula is C12H13NO2S. The van der Waals surface area contributed by atoms with Gasteiger partial charge in [0, 0.05) is 10.5 Å². The first-order valence-electron chi connectivity index (χ1n) is 5.01. The lowest BCUT2D eigenvalue weighted by molar-refractivity contribution is -0.122. The number of anilines is 1. The summed E-state index contributed by atoms with van der Waals surface area (Å²) in [4.78, 5) is 24.9. The molecule has 1 aliphatic heterocycles. The lowest BCUT2D eigenvalue weighted by atomic mass is 9.80. The molecule has 0 unspecified atom stereocenters. The average Bonchev–Trinajstić information content (AvgIpc) is 2.27. The Hall–Kier alpha value is -1.29. The molecule has 0 aromatic heterocycles. The van der Waals surface area contributed by atoms with Gasteiger partial charge in [-0.2, -0.15) is 0 Å². The number of amides is 1. The topological polar surface area (TPSA) is 46.2 Å². The zero-order valence-electron chi connectivity index (χ0n) is 9.46. The zero-order valence-corrected chi connectivity index (χ0v) is 10.3. The SMILES string of the molecule is CSc1ccc2c(c1)C(=O)C(C)(C)C(=O)N2. The summed E-state index contributed by atoms with van der Waals surface area (Å²) in [6.07, 6.45) is 1.96. The van der Waals surface area contributed by atoms with Gasteiger partial charge in [-0.25, -0.2) is 0 Å². The quantitative estimate of drug-likeness (QED) is 0.601. The van der Waals surface area contributed by atoms with Gasteiger partial charge >= 0.3 is 0 Å². The van der Waals surface area contributed by atoms with Crippen LogP contribution in [0.25, 0.3) is 0 Å². The van der Waals surface area contributed by atoms with Crippen LogP contribution in [-0.4, -0.2) is 17.9 Å². The average molecular weight is 235 g/mol. The van der Waals surface area contributed by atoms with Crippen molar-refractivity contribution in [3.05, 3.63) is 23.8 Å². The standard InChI is InChI=1S/C12H13NO2S/c1-12(2)10(14)8-6-7(16-3)4-5-9(8)13-11(12)15/h4-6H,1-3H3,(H,13,15). The molecule has 3 nitrogen and oxygen atoms in total. The maximum absolute atomic E-state index is 12.1. The molecule has 1 N–H and O–H groups in total. The number of carbonyl (C=O) groups excluding carboxylic acids is 2. The molecule has 0 fully saturated rings. The van der Waals surface area contributed by atoms with Crippen LogP contribution in [0.15, 0.2) is 23.1 Å². The smallest absolute Gasteiger partial charge is 0.237 e. The van der Waals surface area contributed by atoms with Crippen LogP contribution >= 0.6 is 11.8 Å². The monoisotopic (exact) mass is 235 g/mol. The minimum atomic E-state index is -0.968. The molecule has 1 aromatic rings. The lowest BCUT2D eigenvalue weighted by Gasteiger charge is -2.29. The van der Waals surface area contributed by atoms with Gasteiger partial charge in [0.1, 0.15) is 5.41 Å². The van der Waals surface area contributed by atoms with E-state index in [2.05, 4.69) is 5.32 Å². The molecule has 0 atom stereocenters. The number of hydrogen-bond acceptors (Lipinski definition) is 3. The van der Waals surface area contributed by atoms with E-state index in [0.717, 1.165) is 4.90 Å². The number of hydrogen-bond donors (Lipinski definition) is 1. The molecule has 84 valence electrons. The number of thioether (sulfide) groups is 1. The first-order valence-corrected chi connectivity index (χ1v) is 6.23. The number of rotatable bonds is 1. The van der Waals surface area contributed by atoms with Crippen molar-refractivity contribution in [3.63, 3.8) is 0 Å². The molecule has 0 radical (unpaired) electrons. The van der Waals surface area contributed by atoms with Crippen LogP contribution in [-0.2, 0) is 4.79 Å². The summed E-state index contributed by atoms with van der Waals surface area (Å²) in [5.41, 5.74) is 0.257. The van der Waals surface area contributed by atoms with E-state index in [-0.39, 0.29) is 11.7 Å². The van der Waals surface area contributed by atoms with Crippen LogP contribution in [0.1, 0.15) is 24.2 Å². The highest BCUT2D eigenvalue weighted by Crippen LogP contribution is 2.34. The van der Waals surface area contributed by atoms with Crippen LogP contribution in [0, 0.1) is 5.41 Å². The van der Waals surface area contributed by atoms with E-state index in [9.17, 15) is 9.59 Å². The molecule has 0 saturated heterocycles. The van der Waals surface area contributed by atoms with Gasteiger partial charge in [-0.15, -0.1) is 11.8 Å². The van der Waals surface area contributed by atoms with E-state index in [0.29, 0.717) is 11.3 Å². The van der Waals surface area contributed by atoms with Crippen molar-refractivity contribution in [2.45, 2.75) is 18.7 Å². The summed E-state index contributed by atoms with van der Waals surface area (Å²) in [6.45, 7) is 3.30. The molecule has 4 heteroatoms. The molecule has 1 aliphatic rings. The fourth-order valence-electron chi connectivity index (χ4n) is 1.67. The van der Waals surface area contributed by atoms with Crippen LogP contribution < -0.4 is 5.32 Å². The summed E-state index contributed by atoms with van der Waals surface area (Å²) in [7, 11) is 0. The highest BCUT2D eigenvalue weighted by Gasteiger charge is 2.41. The Labute approximate surface area is 98.6 Å². The van der Waals surface area contributed by atoms with E-state index in [1.165, 1.54) is 0 Å². The summed E-state index contributed by atoms with van der Waals surface area (Å²) in [6, 6.07) is 5.52. The van der Waals surface area contributed by atoms with Crippen molar-refractivity contribution >= 4 is 29.1 Å². The van der Waals surface area contributed by atoms with Crippen LogP contribution in [0.5, 0.6) is 0 Å². The number of fused-ring (bicyclic) bond motifs is 1. The van der Waals surface area contributed by atoms with E-state index >= 15 is 0 Å². The molecule has 16 heavy (non-hydrogen) atoms. The highest BCUT2D eigenvalue weighted by molar-refractivity contribution is 7.98. The first kappa shape index (κ1) is 11.2. The van der Waals surface area contributed by atoms with E-state index in [1.807, 2.05) is 18.4 Å². The maximum atomic E-state index is 12.1. The lowest BCUT2D eigenvalue weighted by Crippen LogP contribution is -2.42. The second kappa shape index (κ2) is 3.63. The number of ketones is 1. The van der Waals surface area contributed by atoms with Crippen LogP contribution in [0.2, 0.25) is 0 Å². The fourth-order valence-corrected chi connectivity index (χ4v) is 2.11. The normalized spacial score (nSPS) is 17.9. The predicted octanol–water partition coefficient (Wildman–Crippen LogP) is 2.57. The second-order valence-corrected chi connectivity index (χ2v) is 5.20. The number of Topliss-reactive ketones (excluding diaryl/α,β-unsaturated/α-hetero) is 1. The van der Waals surface area contributed by atoms with Gasteiger partial charge in [-0.3, -0.25) is 9.59 Å². The van der Waals surface area contributed by atoms with Gasteiger partial charge in [0.25, 0.3) is 0 Å². The number of carbonyl (C=O) groups is 2. The predicted molar refractivity (Wildman–Crippen MR) is 65.0 cm³/mol. The van der Waals surface area contributed by atoms with Crippen molar-refractivity contribution in [2.75, 3.05) is 11.6 Å². The van der Waals surface area contributed by atoms with Gasteiger partial charge in [0.2, 0.25) is 5.91 Å². The molecule has 0 aliphatic carbocycles. The summed E-state index contributed by atoms with van der Waals surface area (Å²) < 4.78 is 0. The Morgan fingerprint density at radius 1 is 1.25 bits per heavy atom. The summed E-state index contributed by atoms with van der Waals surface area (Å²) >= 11 is 1.58. The Morgan fingerprint density at radius 3 is 2.56 bits per heavy atom. The third kappa shape index (κ3) is 1.53. The Bertz CT molecular complexity index is 480. The third-order valence-electron chi connectivity index (χ3n) is 2.85. The van der Waals surface area contributed by atoms with E-state index < -0.39 is 5.41 Å². The zero-order chi connectivity index (χ0) is 11.9. The summed E-state index contributed by atoms with van der Waals surface area (Å²) in [5, 5.41) is 2.76. The van der Waals surface area contributed by atoms with Gasteiger partial charge in [0.15, 0.2) is 5.78 Å². The van der Waals surface area contributed by atoms with Crippen molar-refractivity contribution in [3.8, 4) is 0 Å². The largest absolute Gasteiger partial charge is 0.325 e. The Balaban J connectivity index is 2.57. The fraction of sp³-hybridized carbons (Fsp3) is 0.333. The van der Waals surface area contributed by atoms with Crippen LogP contribution in [0.3, 0.4) is 0 Å². The molecule has 0 spiro atoms. The minimum absolute atomic E-state index is 0.109. The molecule has 0 saturated carbocycles. The molecule has 1 aromatic carbocycles. The van der Waals surface area contributed by atoms with Gasteiger partial charge in [-0.1, -0.05) is 0 Å². The molecule has 2 rings (SSSR count). The maximum Gasteiger partial charge on any atom is 0.237 e. The van der Waals surface area contributed by atoms with Gasteiger partial charge in [0.05, 0.1) is 5.69 Å². The molecule has 0 bridgehead atoms. The van der Waals surface area contributed by atoms with E-state index in [4.69, 9.17) is 0 Å².